The lowest BCUT2D eigenvalue weighted by molar-refractivity contribution is -0.127. The van der Waals surface area contributed by atoms with Crippen LogP contribution in [-0.4, -0.2) is 61.3 Å². The van der Waals surface area contributed by atoms with Gasteiger partial charge >= 0.3 is 0 Å². The van der Waals surface area contributed by atoms with Gasteiger partial charge in [0.05, 0.1) is 29.9 Å². The summed E-state index contributed by atoms with van der Waals surface area (Å²) >= 11 is 0. The highest BCUT2D eigenvalue weighted by atomic mass is 19.1. The number of halogens is 2. The van der Waals surface area contributed by atoms with Crippen molar-refractivity contribution >= 4 is 22.7 Å². The third-order valence-electron chi connectivity index (χ3n) is 7.51. The summed E-state index contributed by atoms with van der Waals surface area (Å²) in [5.74, 6) is -1.43. The third kappa shape index (κ3) is 4.25. The molecular weight excluding hydrogens is 496 g/mol. The van der Waals surface area contributed by atoms with Gasteiger partial charge in [-0.25, -0.2) is 9.37 Å². The van der Waals surface area contributed by atoms with Crippen LogP contribution < -0.4 is 10.1 Å². The maximum absolute atomic E-state index is 14.3. The van der Waals surface area contributed by atoms with Crippen LogP contribution in [0.2, 0.25) is 0 Å². The number of benzene rings is 1. The first-order chi connectivity index (χ1) is 18.4. The molecule has 2 fully saturated rings. The Labute approximate surface area is 215 Å². The first-order valence-corrected chi connectivity index (χ1v) is 12.4. The third-order valence-corrected chi connectivity index (χ3v) is 7.51. The first-order valence-electron chi connectivity index (χ1n) is 12.4. The minimum Gasteiger partial charge on any atom is -0.481 e. The molecule has 0 radical (unpaired) electrons. The molecule has 2 saturated heterocycles. The zero-order chi connectivity index (χ0) is 26.4. The summed E-state index contributed by atoms with van der Waals surface area (Å²) in [7, 11) is 1.44. The summed E-state index contributed by atoms with van der Waals surface area (Å²) in [5, 5.41) is 16.4. The second kappa shape index (κ2) is 9.51. The van der Waals surface area contributed by atoms with Crippen molar-refractivity contribution in [3.05, 3.63) is 59.6 Å². The summed E-state index contributed by atoms with van der Waals surface area (Å²) in [6.07, 6.45) is 3.78. The Morgan fingerprint density at radius 3 is 2.66 bits per heavy atom. The standard InChI is InChI=1S/C26H25F2N7O3/c1-38-23-9-17(19(27)12-29-23)21-10-22(33-32-21)26(37)35-15-3-4-16(35)8-14(7-15)25(36)30-11-13-2-5-20-18(6-13)24(28)34-31-20/h2,5-6,9-10,12,14-16H,3-4,7-8,11H2,1H3,(H,30,36)(H,31,34)(H,32,33)/t14-,15-,16+. The van der Waals surface area contributed by atoms with Crippen LogP contribution in [0.25, 0.3) is 22.2 Å². The van der Waals surface area contributed by atoms with E-state index in [-0.39, 0.29) is 53.5 Å². The van der Waals surface area contributed by atoms with Crippen molar-refractivity contribution in [3.8, 4) is 17.1 Å². The lowest BCUT2D eigenvalue weighted by atomic mass is 9.89. The molecular formula is C26H25F2N7O3. The van der Waals surface area contributed by atoms with E-state index >= 15 is 0 Å². The molecule has 0 unspecified atom stereocenters. The second-order valence-electron chi connectivity index (χ2n) is 9.75. The molecule has 6 rings (SSSR count). The number of hydrogen-bond donors (Lipinski definition) is 3. The number of ether oxygens (including phenoxy) is 1. The molecule has 3 aromatic heterocycles. The number of aromatic nitrogens is 5. The average Bonchev–Trinajstić information content (AvgIpc) is 3.63. The van der Waals surface area contributed by atoms with E-state index < -0.39 is 11.8 Å². The molecule has 2 amide bonds. The molecule has 2 bridgehead atoms. The Morgan fingerprint density at radius 1 is 1.11 bits per heavy atom. The van der Waals surface area contributed by atoms with Gasteiger partial charge < -0.3 is 15.0 Å². The van der Waals surface area contributed by atoms with Crippen molar-refractivity contribution < 1.29 is 23.1 Å². The molecule has 0 saturated carbocycles. The lowest BCUT2D eigenvalue weighted by Crippen LogP contribution is -2.49. The van der Waals surface area contributed by atoms with Crippen molar-refractivity contribution in [2.24, 2.45) is 5.92 Å². The number of hydrogen-bond acceptors (Lipinski definition) is 6. The molecule has 0 aliphatic carbocycles. The number of methoxy groups -OCH3 is 1. The van der Waals surface area contributed by atoms with E-state index in [0.717, 1.165) is 24.6 Å². The minimum atomic E-state index is -0.573. The van der Waals surface area contributed by atoms with Gasteiger partial charge in [-0.15, -0.1) is 5.10 Å². The zero-order valence-electron chi connectivity index (χ0n) is 20.5. The predicted molar refractivity (Wildman–Crippen MR) is 132 cm³/mol. The Bertz CT molecular complexity index is 1520. The van der Waals surface area contributed by atoms with Crippen LogP contribution in [0.15, 0.2) is 36.5 Å². The van der Waals surface area contributed by atoms with E-state index in [1.165, 1.54) is 19.2 Å². The van der Waals surface area contributed by atoms with Crippen LogP contribution in [0.5, 0.6) is 5.88 Å². The number of pyridine rings is 1. The average molecular weight is 522 g/mol. The van der Waals surface area contributed by atoms with E-state index in [0.29, 0.717) is 29.4 Å². The van der Waals surface area contributed by atoms with Crippen molar-refractivity contribution in [1.82, 2.24) is 35.6 Å². The molecule has 196 valence electrons. The van der Waals surface area contributed by atoms with Crippen LogP contribution in [0.3, 0.4) is 0 Å². The number of nitrogens with one attached hydrogen (secondary N) is 3. The molecule has 3 atom stereocenters. The maximum atomic E-state index is 14.3. The molecule has 0 spiro atoms. The van der Waals surface area contributed by atoms with E-state index in [1.54, 1.807) is 12.1 Å². The van der Waals surface area contributed by atoms with Gasteiger partial charge in [-0.05, 0) is 49.4 Å². The summed E-state index contributed by atoms with van der Waals surface area (Å²) in [5.41, 5.74) is 2.12. The van der Waals surface area contributed by atoms with Crippen LogP contribution in [0, 0.1) is 17.7 Å². The lowest BCUT2D eigenvalue weighted by Gasteiger charge is -2.38. The fourth-order valence-electron chi connectivity index (χ4n) is 5.63. The van der Waals surface area contributed by atoms with Crippen LogP contribution in [0.4, 0.5) is 8.78 Å². The van der Waals surface area contributed by atoms with Crippen molar-refractivity contribution in [1.29, 1.82) is 0 Å². The van der Waals surface area contributed by atoms with E-state index in [4.69, 9.17) is 4.74 Å². The van der Waals surface area contributed by atoms with Gasteiger partial charge in [-0.1, -0.05) is 6.07 Å². The van der Waals surface area contributed by atoms with Crippen LogP contribution in [0.1, 0.15) is 41.7 Å². The van der Waals surface area contributed by atoms with Gasteiger partial charge in [0.25, 0.3) is 5.91 Å². The Kier molecular flexibility index (Phi) is 6.01. The number of carbonyl (C=O) groups excluding carboxylic acids is 2. The summed E-state index contributed by atoms with van der Waals surface area (Å²) < 4.78 is 33.2. The quantitative estimate of drug-likeness (QED) is 0.357. The van der Waals surface area contributed by atoms with E-state index in [9.17, 15) is 18.4 Å². The molecule has 38 heavy (non-hydrogen) atoms. The van der Waals surface area contributed by atoms with Gasteiger partial charge in [-0.2, -0.15) is 9.49 Å². The maximum Gasteiger partial charge on any atom is 0.274 e. The highest BCUT2D eigenvalue weighted by molar-refractivity contribution is 5.94. The highest BCUT2D eigenvalue weighted by Gasteiger charge is 2.45. The highest BCUT2D eigenvalue weighted by Crippen LogP contribution is 2.40. The molecule has 5 heterocycles. The zero-order valence-corrected chi connectivity index (χ0v) is 20.5. The van der Waals surface area contributed by atoms with Gasteiger partial charge in [0.2, 0.25) is 17.7 Å². The number of amides is 2. The Balaban J connectivity index is 1.11. The Hall–Kier alpha value is -4.35. The molecule has 4 aromatic rings. The molecule has 1 aromatic carbocycles. The number of carbonyl (C=O) groups is 2. The van der Waals surface area contributed by atoms with E-state index in [2.05, 4.69) is 30.7 Å². The second-order valence-corrected chi connectivity index (χ2v) is 9.75. The fraction of sp³-hybridized carbons (Fsp3) is 0.346. The number of rotatable bonds is 6. The van der Waals surface area contributed by atoms with Gasteiger partial charge in [-0.3, -0.25) is 19.8 Å². The summed E-state index contributed by atoms with van der Waals surface area (Å²) in [4.78, 5) is 32.0. The number of piperidine rings is 1. The number of nitrogens with zero attached hydrogens (tertiary/aromatic N) is 4. The number of aromatic amines is 2. The predicted octanol–water partition coefficient (Wildman–Crippen LogP) is 3.33. The van der Waals surface area contributed by atoms with Crippen LogP contribution in [-0.2, 0) is 11.3 Å². The van der Waals surface area contributed by atoms with Gasteiger partial charge in [0, 0.05) is 36.2 Å². The minimum absolute atomic E-state index is 0.0775. The van der Waals surface area contributed by atoms with Crippen molar-refractivity contribution in [3.63, 3.8) is 0 Å². The van der Waals surface area contributed by atoms with Crippen LogP contribution >= 0.6 is 0 Å². The smallest absolute Gasteiger partial charge is 0.274 e. The first kappa shape index (κ1) is 24.0. The Morgan fingerprint density at radius 2 is 1.89 bits per heavy atom. The van der Waals surface area contributed by atoms with Gasteiger partial charge in [0.15, 0.2) is 11.5 Å². The topological polar surface area (TPSA) is 129 Å². The summed E-state index contributed by atoms with van der Waals surface area (Å²) in [6.45, 7) is 0.278. The monoisotopic (exact) mass is 521 g/mol. The summed E-state index contributed by atoms with van der Waals surface area (Å²) in [6, 6.07) is 8.03. The van der Waals surface area contributed by atoms with Crippen molar-refractivity contribution in [2.45, 2.75) is 44.3 Å². The van der Waals surface area contributed by atoms with Gasteiger partial charge in [0.1, 0.15) is 0 Å². The fourth-order valence-corrected chi connectivity index (χ4v) is 5.63. The molecule has 2 aliphatic rings. The number of fused-ring (bicyclic) bond motifs is 3. The molecule has 3 N–H and O–H groups in total. The SMILES string of the molecule is COc1cc(-c2cc(C(=O)N3[C@@H]4CC[C@H]3C[C@H](C(=O)NCc3ccc5[nH]nc(F)c5c3)C4)n[nH]2)c(F)cn1. The van der Waals surface area contributed by atoms with E-state index in [1.807, 2.05) is 11.0 Å². The van der Waals surface area contributed by atoms with Crippen molar-refractivity contribution in [2.75, 3.05) is 7.11 Å². The molecule has 10 nitrogen and oxygen atoms in total. The number of H-pyrrole nitrogens is 2. The molecule has 2 aliphatic heterocycles. The molecule has 12 heteroatoms. The normalized spacial score (nSPS) is 20.6. The largest absolute Gasteiger partial charge is 0.481 e.